The van der Waals surface area contributed by atoms with E-state index in [1.165, 1.54) is 5.56 Å². The summed E-state index contributed by atoms with van der Waals surface area (Å²) in [4.78, 5) is 12.0. The quantitative estimate of drug-likeness (QED) is 0.815. The summed E-state index contributed by atoms with van der Waals surface area (Å²) < 4.78 is 0. The molecule has 1 N–H and O–H groups in total. The van der Waals surface area contributed by atoms with Crippen molar-refractivity contribution in [2.75, 3.05) is 10.6 Å². The lowest BCUT2D eigenvalue weighted by atomic mass is 10.1. The van der Waals surface area contributed by atoms with Crippen molar-refractivity contribution in [3.8, 4) is 0 Å². The molecule has 0 aliphatic carbocycles. The zero-order valence-electron chi connectivity index (χ0n) is 10.2. The lowest BCUT2D eigenvalue weighted by molar-refractivity contribution is 0.102. The molecular formula is C15H13BrClNO. The normalized spacial score (nSPS) is 10.2. The number of benzene rings is 2. The van der Waals surface area contributed by atoms with Gasteiger partial charge in [0.2, 0.25) is 0 Å². The minimum Gasteiger partial charge on any atom is -0.322 e. The van der Waals surface area contributed by atoms with Crippen LogP contribution < -0.4 is 5.32 Å². The van der Waals surface area contributed by atoms with E-state index in [4.69, 9.17) is 11.6 Å². The van der Waals surface area contributed by atoms with E-state index in [1.54, 1.807) is 24.3 Å². The van der Waals surface area contributed by atoms with E-state index >= 15 is 0 Å². The molecule has 4 heteroatoms. The second-order valence-electron chi connectivity index (χ2n) is 4.10. The lowest BCUT2D eigenvalue weighted by Crippen LogP contribution is -2.11. The van der Waals surface area contributed by atoms with Crippen LogP contribution in [0.1, 0.15) is 15.9 Å². The topological polar surface area (TPSA) is 29.1 Å². The van der Waals surface area contributed by atoms with Crippen LogP contribution in [0, 0.1) is 0 Å². The number of hydrogen-bond acceptors (Lipinski definition) is 1. The van der Waals surface area contributed by atoms with Crippen LogP contribution in [0.4, 0.5) is 5.69 Å². The number of rotatable bonds is 4. The standard InChI is InChI=1S/C15H13BrClNO/c16-10-9-11-1-7-14(8-2-11)18-15(19)12-3-5-13(17)6-4-12/h1-8H,9-10H2,(H,18,19). The molecule has 1 amide bonds. The molecule has 2 nitrogen and oxygen atoms in total. The fourth-order valence-corrected chi connectivity index (χ4v) is 2.25. The Balaban J connectivity index is 2.04. The van der Waals surface area contributed by atoms with E-state index in [9.17, 15) is 4.79 Å². The SMILES string of the molecule is O=C(Nc1ccc(CCBr)cc1)c1ccc(Cl)cc1. The highest BCUT2D eigenvalue weighted by Crippen LogP contribution is 2.14. The summed E-state index contributed by atoms with van der Waals surface area (Å²) in [5.74, 6) is -0.134. The number of halogens is 2. The monoisotopic (exact) mass is 337 g/mol. The van der Waals surface area contributed by atoms with Crippen molar-refractivity contribution < 1.29 is 4.79 Å². The van der Waals surface area contributed by atoms with Crippen LogP contribution in [0.15, 0.2) is 48.5 Å². The maximum absolute atomic E-state index is 12.0. The summed E-state index contributed by atoms with van der Waals surface area (Å²) >= 11 is 9.19. The van der Waals surface area contributed by atoms with E-state index in [-0.39, 0.29) is 5.91 Å². The Kier molecular flexibility index (Phi) is 5.00. The fourth-order valence-electron chi connectivity index (χ4n) is 1.67. The van der Waals surface area contributed by atoms with Crippen LogP contribution in [0.2, 0.25) is 5.02 Å². The molecule has 0 bridgehead atoms. The average Bonchev–Trinajstić information content (AvgIpc) is 2.42. The van der Waals surface area contributed by atoms with Gasteiger partial charge in [-0.1, -0.05) is 39.7 Å². The molecule has 0 unspecified atom stereocenters. The van der Waals surface area contributed by atoms with Crippen molar-refractivity contribution in [2.24, 2.45) is 0 Å². The highest BCUT2D eigenvalue weighted by molar-refractivity contribution is 9.09. The van der Waals surface area contributed by atoms with Crippen molar-refractivity contribution >= 4 is 39.1 Å². The first-order chi connectivity index (χ1) is 9.19. The number of carbonyl (C=O) groups is 1. The van der Waals surface area contributed by atoms with Crippen molar-refractivity contribution in [3.05, 3.63) is 64.7 Å². The number of aryl methyl sites for hydroxylation is 1. The van der Waals surface area contributed by atoms with Gasteiger partial charge in [-0.25, -0.2) is 0 Å². The van der Waals surface area contributed by atoms with Crippen LogP contribution in [0.3, 0.4) is 0 Å². The van der Waals surface area contributed by atoms with E-state index < -0.39 is 0 Å². The molecule has 0 radical (unpaired) electrons. The Bertz CT molecular complexity index is 551. The van der Waals surface area contributed by atoms with Gasteiger partial charge in [0.15, 0.2) is 0 Å². The van der Waals surface area contributed by atoms with Gasteiger partial charge >= 0.3 is 0 Å². The molecule has 19 heavy (non-hydrogen) atoms. The van der Waals surface area contributed by atoms with Crippen LogP contribution in [0.25, 0.3) is 0 Å². The van der Waals surface area contributed by atoms with Crippen molar-refractivity contribution in [1.82, 2.24) is 0 Å². The zero-order chi connectivity index (χ0) is 13.7. The van der Waals surface area contributed by atoms with Gasteiger partial charge in [-0.15, -0.1) is 0 Å². The fraction of sp³-hybridized carbons (Fsp3) is 0.133. The van der Waals surface area contributed by atoms with E-state index in [0.717, 1.165) is 17.4 Å². The lowest BCUT2D eigenvalue weighted by Gasteiger charge is -2.06. The first kappa shape index (κ1) is 14.1. The van der Waals surface area contributed by atoms with Gasteiger partial charge in [0, 0.05) is 21.6 Å². The van der Waals surface area contributed by atoms with E-state index in [2.05, 4.69) is 21.2 Å². The molecule has 0 spiro atoms. The summed E-state index contributed by atoms with van der Waals surface area (Å²) in [5, 5.41) is 4.41. The predicted octanol–water partition coefficient (Wildman–Crippen LogP) is 4.53. The molecule has 0 heterocycles. The molecule has 0 fully saturated rings. The summed E-state index contributed by atoms with van der Waals surface area (Å²) in [6, 6.07) is 14.7. The Morgan fingerprint density at radius 1 is 1.05 bits per heavy atom. The number of carbonyl (C=O) groups excluding carboxylic acids is 1. The molecule has 2 rings (SSSR count). The van der Waals surface area contributed by atoms with Crippen molar-refractivity contribution in [1.29, 1.82) is 0 Å². The van der Waals surface area contributed by atoms with Crippen LogP contribution >= 0.6 is 27.5 Å². The maximum Gasteiger partial charge on any atom is 0.255 e. The molecule has 98 valence electrons. The zero-order valence-corrected chi connectivity index (χ0v) is 12.5. The average molecular weight is 339 g/mol. The third kappa shape index (κ3) is 4.08. The number of amides is 1. The molecule has 0 aliphatic rings. The second kappa shape index (κ2) is 6.73. The van der Waals surface area contributed by atoms with Crippen LogP contribution in [0.5, 0.6) is 0 Å². The summed E-state index contributed by atoms with van der Waals surface area (Å²) in [5.41, 5.74) is 2.62. The Morgan fingerprint density at radius 2 is 1.68 bits per heavy atom. The Hall–Kier alpha value is -1.32. The highest BCUT2D eigenvalue weighted by Gasteiger charge is 2.05. The first-order valence-electron chi connectivity index (χ1n) is 5.91. The van der Waals surface area contributed by atoms with Crippen LogP contribution in [-0.4, -0.2) is 11.2 Å². The number of alkyl halides is 1. The van der Waals surface area contributed by atoms with Gasteiger partial charge in [-0.3, -0.25) is 4.79 Å². The molecule has 0 saturated heterocycles. The van der Waals surface area contributed by atoms with Gasteiger partial charge in [0.05, 0.1) is 0 Å². The molecule has 2 aromatic rings. The maximum atomic E-state index is 12.0. The first-order valence-corrected chi connectivity index (χ1v) is 7.41. The molecule has 2 aromatic carbocycles. The van der Waals surface area contributed by atoms with Gasteiger partial charge < -0.3 is 5.32 Å². The second-order valence-corrected chi connectivity index (χ2v) is 5.33. The summed E-state index contributed by atoms with van der Waals surface area (Å²) in [7, 11) is 0. The Morgan fingerprint density at radius 3 is 2.26 bits per heavy atom. The largest absolute Gasteiger partial charge is 0.322 e. The van der Waals surface area contributed by atoms with Gasteiger partial charge in [-0.05, 0) is 48.4 Å². The predicted molar refractivity (Wildman–Crippen MR) is 83.3 cm³/mol. The van der Waals surface area contributed by atoms with E-state index in [0.29, 0.717) is 10.6 Å². The minimum absolute atomic E-state index is 0.134. The van der Waals surface area contributed by atoms with Crippen molar-refractivity contribution in [2.45, 2.75) is 6.42 Å². The van der Waals surface area contributed by atoms with Gasteiger partial charge in [0.25, 0.3) is 5.91 Å². The Labute approximate surface area is 125 Å². The number of hydrogen-bond donors (Lipinski definition) is 1. The smallest absolute Gasteiger partial charge is 0.255 e. The highest BCUT2D eigenvalue weighted by atomic mass is 79.9. The summed E-state index contributed by atoms with van der Waals surface area (Å²) in [6.45, 7) is 0. The number of anilines is 1. The minimum atomic E-state index is -0.134. The third-order valence-electron chi connectivity index (χ3n) is 2.70. The molecule has 0 aliphatic heterocycles. The van der Waals surface area contributed by atoms with Crippen molar-refractivity contribution in [3.63, 3.8) is 0 Å². The molecular weight excluding hydrogens is 326 g/mol. The molecule has 0 aromatic heterocycles. The molecule has 0 saturated carbocycles. The van der Waals surface area contributed by atoms with E-state index in [1.807, 2.05) is 24.3 Å². The van der Waals surface area contributed by atoms with Gasteiger partial charge in [-0.2, -0.15) is 0 Å². The summed E-state index contributed by atoms with van der Waals surface area (Å²) in [6.07, 6.45) is 0.978. The van der Waals surface area contributed by atoms with Gasteiger partial charge in [0.1, 0.15) is 0 Å². The number of nitrogens with one attached hydrogen (secondary N) is 1. The third-order valence-corrected chi connectivity index (χ3v) is 3.35. The molecule has 0 atom stereocenters. The van der Waals surface area contributed by atoms with Crippen LogP contribution in [-0.2, 0) is 6.42 Å².